The maximum Gasteiger partial charge on any atom is 0.427 e. The Kier molecular flexibility index (Phi) is 3.62. The van der Waals surface area contributed by atoms with Crippen molar-refractivity contribution in [3.63, 3.8) is 0 Å². The Morgan fingerprint density at radius 2 is 2.28 bits per heavy atom. The monoisotopic (exact) mass is 245 g/mol. The summed E-state index contributed by atoms with van der Waals surface area (Å²) in [5.74, 6) is 0. The highest BCUT2D eigenvalue weighted by Crippen LogP contribution is 2.19. The van der Waals surface area contributed by atoms with E-state index in [-0.39, 0.29) is 0 Å². The summed E-state index contributed by atoms with van der Waals surface area (Å²) in [5.41, 5.74) is 5.32. The summed E-state index contributed by atoms with van der Waals surface area (Å²) < 4.78 is 4.71. The molecule has 0 atom stereocenters. The highest BCUT2D eigenvalue weighted by atomic mass is 16.5. The Morgan fingerprint density at radius 1 is 1.50 bits per heavy atom. The fourth-order valence-corrected chi connectivity index (χ4v) is 1.78. The minimum atomic E-state index is -0.550. The lowest BCUT2D eigenvalue weighted by Crippen LogP contribution is -2.18. The molecule has 5 heteroatoms. The molecule has 2 rings (SSSR count). The first kappa shape index (κ1) is 12.2. The molecule has 0 saturated heterocycles. The molecule has 2 aromatic rings. The Morgan fingerprint density at radius 3 is 3.06 bits per heavy atom. The van der Waals surface area contributed by atoms with Gasteiger partial charge in [0.25, 0.3) is 0 Å². The average Bonchev–Trinajstić information content (AvgIpc) is 2.66. The first-order valence-electron chi connectivity index (χ1n) is 5.75. The van der Waals surface area contributed by atoms with Crippen LogP contribution >= 0.6 is 0 Å². The molecule has 1 aromatic heterocycles. The van der Waals surface area contributed by atoms with Crippen LogP contribution in [0.4, 0.5) is 4.79 Å². The standard InChI is InChI=1S/C13H15N3O2/c1-3-18-13(17)16-14-8-11-9(2)15-12-7-5-4-6-10(11)12/h4-8,15H,3H2,1-2H3,(H,16,17)/b14-8-. The number of ether oxygens (including phenoxy) is 1. The molecule has 0 unspecified atom stereocenters. The van der Waals surface area contributed by atoms with Crippen molar-refractivity contribution in [1.29, 1.82) is 0 Å². The summed E-state index contributed by atoms with van der Waals surface area (Å²) in [6.07, 6.45) is 1.07. The summed E-state index contributed by atoms with van der Waals surface area (Å²) in [5, 5.41) is 4.95. The van der Waals surface area contributed by atoms with Crippen LogP contribution in [-0.2, 0) is 4.74 Å². The lowest BCUT2D eigenvalue weighted by molar-refractivity contribution is 0.152. The number of nitrogens with one attached hydrogen (secondary N) is 2. The number of H-pyrrole nitrogens is 1. The van der Waals surface area contributed by atoms with Crippen LogP contribution in [0.3, 0.4) is 0 Å². The normalized spacial score (nSPS) is 11.0. The Bertz CT molecular complexity index is 587. The SMILES string of the molecule is CCOC(=O)N/N=C\c1c(C)[nH]c2ccccc12. The molecule has 0 fully saturated rings. The Labute approximate surface area is 105 Å². The van der Waals surface area contributed by atoms with Crippen molar-refractivity contribution in [2.75, 3.05) is 6.61 Å². The summed E-state index contributed by atoms with van der Waals surface area (Å²) in [4.78, 5) is 14.3. The first-order chi connectivity index (χ1) is 8.72. The van der Waals surface area contributed by atoms with Crippen molar-refractivity contribution in [3.05, 3.63) is 35.5 Å². The molecule has 2 N–H and O–H groups in total. The summed E-state index contributed by atoms with van der Waals surface area (Å²) in [6, 6.07) is 7.94. The largest absolute Gasteiger partial charge is 0.449 e. The van der Waals surface area contributed by atoms with E-state index in [9.17, 15) is 4.79 Å². The van der Waals surface area contributed by atoms with Crippen molar-refractivity contribution in [3.8, 4) is 0 Å². The topological polar surface area (TPSA) is 66.5 Å². The molecule has 0 spiro atoms. The quantitative estimate of drug-likeness (QED) is 0.644. The van der Waals surface area contributed by atoms with Gasteiger partial charge in [-0.15, -0.1) is 0 Å². The van der Waals surface area contributed by atoms with Crippen LogP contribution in [0.1, 0.15) is 18.2 Å². The van der Waals surface area contributed by atoms with Gasteiger partial charge in [0.05, 0.1) is 12.8 Å². The number of hydrogen-bond acceptors (Lipinski definition) is 3. The van der Waals surface area contributed by atoms with Crippen LogP contribution in [0.2, 0.25) is 0 Å². The number of aromatic nitrogens is 1. The van der Waals surface area contributed by atoms with E-state index in [1.165, 1.54) is 0 Å². The van der Waals surface area contributed by atoms with Crippen LogP contribution in [0, 0.1) is 6.92 Å². The number of amides is 1. The van der Waals surface area contributed by atoms with Gasteiger partial charge in [-0.3, -0.25) is 0 Å². The number of nitrogens with zero attached hydrogens (tertiary/aromatic N) is 1. The zero-order valence-corrected chi connectivity index (χ0v) is 10.4. The first-order valence-corrected chi connectivity index (χ1v) is 5.75. The van der Waals surface area contributed by atoms with E-state index in [0.29, 0.717) is 6.61 Å². The molecule has 18 heavy (non-hydrogen) atoms. The average molecular weight is 245 g/mol. The Hall–Kier alpha value is -2.30. The van der Waals surface area contributed by atoms with E-state index in [0.717, 1.165) is 22.2 Å². The van der Waals surface area contributed by atoms with Crippen LogP contribution < -0.4 is 5.43 Å². The second-order valence-corrected chi connectivity index (χ2v) is 3.80. The number of carbonyl (C=O) groups is 1. The molecule has 0 saturated carbocycles. The third-order valence-corrected chi connectivity index (χ3v) is 2.57. The molecule has 5 nitrogen and oxygen atoms in total. The number of fused-ring (bicyclic) bond motifs is 1. The van der Waals surface area contributed by atoms with E-state index in [2.05, 4.69) is 15.5 Å². The molecule has 1 aromatic carbocycles. The van der Waals surface area contributed by atoms with Crippen molar-refractivity contribution in [2.24, 2.45) is 5.10 Å². The molecule has 0 bridgehead atoms. The van der Waals surface area contributed by atoms with E-state index < -0.39 is 6.09 Å². The smallest absolute Gasteiger partial charge is 0.427 e. The number of rotatable bonds is 3. The highest BCUT2D eigenvalue weighted by Gasteiger charge is 2.05. The van der Waals surface area contributed by atoms with Crippen LogP contribution in [-0.4, -0.2) is 23.9 Å². The fraction of sp³-hybridized carbons (Fsp3) is 0.231. The van der Waals surface area contributed by atoms with Crippen molar-refractivity contribution in [2.45, 2.75) is 13.8 Å². The van der Waals surface area contributed by atoms with Crippen LogP contribution in [0.25, 0.3) is 10.9 Å². The fourth-order valence-electron chi connectivity index (χ4n) is 1.78. The van der Waals surface area contributed by atoms with Gasteiger partial charge in [-0.2, -0.15) is 5.10 Å². The second-order valence-electron chi connectivity index (χ2n) is 3.80. The number of aromatic amines is 1. The highest BCUT2D eigenvalue weighted by molar-refractivity contribution is 6.00. The summed E-state index contributed by atoms with van der Waals surface area (Å²) in [6.45, 7) is 4.03. The van der Waals surface area contributed by atoms with Gasteiger partial charge in [0, 0.05) is 22.2 Å². The lowest BCUT2D eigenvalue weighted by atomic mass is 10.1. The number of carbonyl (C=O) groups excluding carboxylic acids is 1. The van der Waals surface area contributed by atoms with E-state index in [4.69, 9.17) is 4.74 Å². The van der Waals surface area contributed by atoms with Crippen LogP contribution in [0.15, 0.2) is 29.4 Å². The van der Waals surface area contributed by atoms with Crippen molar-refractivity contribution >= 4 is 23.2 Å². The maximum atomic E-state index is 11.1. The van der Waals surface area contributed by atoms with Gasteiger partial charge >= 0.3 is 6.09 Å². The molecule has 0 aliphatic heterocycles. The molecule has 0 aliphatic carbocycles. The van der Waals surface area contributed by atoms with Gasteiger partial charge in [-0.1, -0.05) is 18.2 Å². The van der Waals surface area contributed by atoms with Crippen molar-refractivity contribution < 1.29 is 9.53 Å². The number of aryl methyl sites for hydroxylation is 1. The molecule has 1 heterocycles. The maximum absolute atomic E-state index is 11.1. The molecule has 0 radical (unpaired) electrons. The van der Waals surface area contributed by atoms with Crippen molar-refractivity contribution in [1.82, 2.24) is 10.4 Å². The minimum Gasteiger partial charge on any atom is -0.449 e. The zero-order chi connectivity index (χ0) is 13.0. The summed E-state index contributed by atoms with van der Waals surface area (Å²) >= 11 is 0. The van der Waals surface area contributed by atoms with Gasteiger partial charge in [0.15, 0.2) is 0 Å². The van der Waals surface area contributed by atoms with Crippen LogP contribution in [0.5, 0.6) is 0 Å². The second kappa shape index (κ2) is 5.35. The predicted octanol–water partition coefficient (Wildman–Crippen LogP) is 2.56. The molecular formula is C13H15N3O2. The van der Waals surface area contributed by atoms with E-state index >= 15 is 0 Å². The number of benzene rings is 1. The molecule has 1 amide bonds. The molecular weight excluding hydrogens is 230 g/mol. The third kappa shape index (κ3) is 2.51. The zero-order valence-electron chi connectivity index (χ0n) is 10.4. The van der Waals surface area contributed by atoms with Gasteiger partial charge in [-0.05, 0) is 19.9 Å². The Balaban J connectivity index is 2.18. The summed E-state index contributed by atoms with van der Waals surface area (Å²) in [7, 11) is 0. The number of hydrazone groups is 1. The van der Waals surface area contributed by atoms with E-state index in [1.54, 1.807) is 13.1 Å². The van der Waals surface area contributed by atoms with Gasteiger partial charge in [0.2, 0.25) is 0 Å². The van der Waals surface area contributed by atoms with E-state index in [1.807, 2.05) is 31.2 Å². The number of para-hydroxylation sites is 1. The van der Waals surface area contributed by atoms with Gasteiger partial charge < -0.3 is 9.72 Å². The van der Waals surface area contributed by atoms with Gasteiger partial charge in [0.1, 0.15) is 0 Å². The minimum absolute atomic E-state index is 0.327. The third-order valence-electron chi connectivity index (χ3n) is 2.57. The molecule has 94 valence electrons. The van der Waals surface area contributed by atoms with Gasteiger partial charge in [-0.25, -0.2) is 10.2 Å². The number of hydrogen-bond donors (Lipinski definition) is 2. The predicted molar refractivity (Wildman–Crippen MR) is 70.8 cm³/mol. The lowest BCUT2D eigenvalue weighted by Gasteiger charge is -1.98. The molecule has 0 aliphatic rings.